The van der Waals surface area contributed by atoms with Crippen molar-refractivity contribution < 1.29 is 9.59 Å². The molecule has 0 N–H and O–H groups in total. The van der Waals surface area contributed by atoms with Crippen LogP contribution in [-0.4, -0.2) is 27.7 Å². The highest BCUT2D eigenvalue weighted by Gasteiger charge is 2.37. The van der Waals surface area contributed by atoms with E-state index in [0.29, 0.717) is 11.1 Å². The summed E-state index contributed by atoms with van der Waals surface area (Å²) in [6.07, 6.45) is 8.07. The Kier molecular flexibility index (Phi) is 2.01. The summed E-state index contributed by atoms with van der Waals surface area (Å²) in [4.78, 5) is 28.5. The molecule has 0 fully saturated rings. The number of carbonyl (C=O) groups is 2. The normalized spacial score (nSPS) is 16.1. The van der Waals surface area contributed by atoms with Gasteiger partial charge in [0.25, 0.3) is 11.8 Å². The Balaban J connectivity index is 2.51. The summed E-state index contributed by atoms with van der Waals surface area (Å²) >= 11 is 0. The molecule has 0 radical (unpaired) electrons. The van der Waals surface area contributed by atoms with Crippen LogP contribution < -0.4 is 0 Å². The summed E-state index contributed by atoms with van der Waals surface area (Å²) in [6.45, 7) is 1.63. The van der Waals surface area contributed by atoms with E-state index in [1.807, 2.05) is 0 Å². The van der Waals surface area contributed by atoms with Gasteiger partial charge in [-0.1, -0.05) is 5.92 Å². The molecule has 0 saturated carbocycles. The third-order valence-corrected chi connectivity index (χ3v) is 2.35. The predicted molar refractivity (Wildman–Crippen MR) is 53.0 cm³/mol. The SMILES string of the molecule is C#CC(C)N1C(=O)c2ccncc2C1=O. The van der Waals surface area contributed by atoms with Gasteiger partial charge in [0.05, 0.1) is 17.2 Å². The minimum absolute atomic E-state index is 0.324. The molecule has 1 atom stereocenters. The van der Waals surface area contributed by atoms with Crippen molar-refractivity contribution in [3.05, 3.63) is 29.6 Å². The molecule has 0 bridgehead atoms. The van der Waals surface area contributed by atoms with E-state index in [9.17, 15) is 9.59 Å². The molecule has 0 aromatic carbocycles. The molecule has 0 aliphatic carbocycles. The maximum atomic E-state index is 11.8. The first kappa shape index (κ1) is 9.41. The fourth-order valence-corrected chi connectivity index (χ4v) is 1.53. The van der Waals surface area contributed by atoms with Crippen LogP contribution in [0.15, 0.2) is 18.5 Å². The maximum absolute atomic E-state index is 11.8. The minimum Gasteiger partial charge on any atom is -0.269 e. The van der Waals surface area contributed by atoms with Gasteiger partial charge in [-0.2, -0.15) is 0 Å². The first-order valence-corrected chi connectivity index (χ1v) is 4.45. The number of terminal acetylenes is 1. The minimum atomic E-state index is -0.530. The second kappa shape index (κ2) is 3.21. The molecule has 1 aromatic heterocycles. The van der Waals surface area contributed by atoms with Crippen LogP contribution in [0.25, 0.3) is 0 Å². The lowest BCUT2D eigenvalue weighted by Crippen LogP contribution is -2.36. The van der Waals surface area contributed by atoms with Gasteiger partial charge in [0.15, 0.2) is 0 Å². The topological polar surface area (TPSA) is 50.3 Å². The van der Waals surface area contributed by atoms with Crippen LogP contribution in [-0.2, 0) is 0 Å². The molecule has 0 saturated heterocycles. The van der Waals surface area contributed by atoms with Crippen molar-refractivity contribution in [2.45, 2.75) is 13.0 Å². The van der Waals surface area contributed by atoms with Crippen LogP contribution in [0.3, 0.4) is 0 Å². The standard InChI is InChI=1S/C11H8N2O2/c1-3-7(2)13-10(14)8-4-5-12-6-9(8)11(13)15/h1,4-7H,2H3. The highest BCUT2D eigenvalue weighted by atomic mass is 16.2. The van der Waals surface area contributed by atoms with Crippen LogP contribution in [0.5, 0.6) is 0 Å². The number of pyridine rings is 1. The number of carbonyl (C=O) groups excluding carboxylic acids is 2. The molecule has 74 valence electrons. The molecule has 15 heavy (non-hydrogen) atoms. The smallest absolute Gasteiger partial charge is 0.264 e. The highest BCUT2D eigenvalue weighted by Crippen LogP contribution is 2.23. The van der Waals surface area contributed by atoms with E-state index in [1.165, 1.54) is 18.5 Å². The van der Waals surface area contributed by atoms with Gasteiger partial charge in [-0.15, -0.1) is 6.42 Å². The van der Waals surface area contributed by atoms with Gasteiger partial charge in [-0.25, -0.2) is 0 Å². The zero-order valence-corrected chi connectivity index (χ0v) is 8.10. The Hall–Kier alpha value is -2.15. The van der Waals surface area contributed by atoms with Crippen molar-refractivity contribution in [3.63, 3.8) is 0 Å². The molecule has 1 aliphatic heterocycles. The molecule has 0 spiro atoms. The van der Waals surface area contributed by atoms with E-state index >= 15 is 0 Å². The lowest BCUT2D eigenvalue weighted by Gasteiger charge is -2.16. The van der Waals surface area contributed by atoms with Crippen molar-refractivity contribution in [1.82, 2.24) is 9.88 Å². The number of fused-ring (bicyclic) bond motifs is 1. The third kappa shape index (κ3) is 1.21. The summed E-state index contributed by atoms with van der Waals surface area (Å²) in [5.74, 6) is 1.65. The van der Waals surface area contributed by atoms with E-state index in [-0.39, 0.29) is 11.8 Å². The Morgan fingerprint density at radius 1 is 1.40 bits per heavy atom. The van der Waals surface area contributed by atoms with Crippen LogP contribution in [0, 0.1) is 12.3 Å². The summed E-state index contributed by atoms with van der Waals surface area (Å²) in [7, 11) is 0. The van der Waals surface area contributed by atoms with Crippen LogP contribution in [0.1, 0.15) is 27.6 Å². The van der Waals surface area contributed by atoms with Crippen molar-refractivity contribution in [3.8, 4) is 12.3 Å². The van der Waals surface area contributed by atoms with Crippen LogP contribution >= 0.6 is 0 Å². The lowest BCUT2D eigenvalue weighted by atomic mass is 10.2. The number of aromatic nitrogens is 1. The van der Waals surface area contributed by atoms with Crippen molar-refractivity contribution in [1.29, 1.82) is 0 Å². The molecule has 4 heteroatoms. The van der Waals surface area contributed by atoms with Gasteiger partial charge in [0, 0.05) is 12.4 Å². The molecule has 2 amide bonds. The van der Waals surface area contributed by atoms with Gasteiger partial charge < -0.3 is 0 Å². The van der Waals surface area contributed by atoms with E-state index in [4.69, 9.17) is 6.42 Å². The number of hydrogen-bond acceptors (Lipinski definition) is 3. The first-order chi connectivity index (χ1) is 7.16. The summed E-state index contributed by atoms with van der Waals surface area (Å²) < 4.78 is 0. The quantitative estimate of drug-likeness (QED) is 0.495. The number of hydrogen-bond donors (Lipinski definition) is 0. The average Bonchev–Trinajstić information content (AvgIpc) is 2.52. The fourth-order valence-electron chi connectivity index (χ4n) is 1.53. The zero-order chi connectivity index (χ0) is 11.0. The number of amides is 2. The Morgan fingerprint density at radius 3 is 2.67 bits per heavy atom. The summed E-state index contributed by atoms with van der Waals surface area (Å²) in [5, 5.41) is 0. The van der Waals surface area contributed by atoms with Gasteiger partial charge in [0.2, 0.25) is 0 Å². The van der Waals surface area contributed by atoms with Gasteiger partial charge >= 0.3 is 0 Å². The van der Waals surface area contributed by atoms with Gasteiger partial charge in [-0.3, -0.25) is 19.5 Å². The predicted octanol–water partition coefficient (Wildman–Crippen LogP) is 0.699. The molecule has 1 aliphatic rings. The maximum Gasteiger partial charge on any atom is 0.264 e. The summed E-state index contributed by atoms with van der Waals surface area (Å²) in [6, 6.07) is 0.996. The second-order valence-electron chi connectivity index (χ2n) is 3.24. The summed E-state index contributed by atoms with van der Waals surface area (Å²) in [5.41, 5.74) is 0.696. The number of imide groups is 1. The number of nitrogens with zero attached hydrogens (tertiary/aromatic N) is 2. The number of rotatable bonds is 1. The molecule has 2 rings (SSSR count). The average molecular weight is 200 g/mol. The largest absolute Gasteiger partial charge is 0.269 e. The molecular formula is C11H8N2O2. The van der Waals surface area contributed by atoms with Gasteiger partial charge in [-0.05, 0) is 13.0 Å². The van der Waals surface area contributed by atoms with E-state index in [2.05, 4.69) is 10.9 Å². The van der Waals surface area contributed by atoms with Crippen molar-refractivity contribution in [2.75, 3.05) is 0 Å². The molecule has 4 nitrogen and oxygen atoms in total. The highest BCUT2D eigenvalue weighted by molar-refractivity contribution is 6.21. The lowest BCUT2D eigenvalue weighted by molar-refractivity contribution is 0.0630. The molecular weight excluding hydrogens is 192 g/mol. The molecule has 1 unspecified atom stereocenters. The fraction of sp³-hybridized carbons (Fsp3) is 0.182. The third-order valence-electron chi connectivity index (χ3n) is 2.35. The van der Waals surface area contributed by atoms with Gasteiger partial charge in [0.1, 0.15) is 0 Å². The first-order valence-electron chi connectivity index (χ1n) is 4.45. The van der Waals surface area contributed by atoms with E-state index in [0.717, 1.165) is 4.90 Å². The molecule has 2 heterocycles. The van der Waals surface area contributed by atoms with Crippen molar-refractivity contribution >= 4 is 11.8 Å². The Morgan fingerprint density at radius 2 is 2.07 bits per heavy atom. The van der Waals surface area contributed by atoms with Crippen LogP contribution in [0.4, 0.5) is 0 Å². The monoisotopic (exact) mass is 200 g/mol. The van der Waals surface area contributed by atoms with Crippen molar-refractivity contribution in [2.24, 2.45) is 0 Å². The second-order valence-corrected chi connectivity index (χ2v) is 3.24. The van der Waals surface area contributed by atoms with E-state index < -0.39 is 6.04 Å². The molecule has 1 aromatic rings. The van der Waals surface area contributed by atoms with E-state index in [1.54, 1.807) is 6.92 Å². The van der Waals surface area contributed by atoms with Crippen LogP contribution in [0.2, 0.25) is 0 Å². The Bertz CT molecular complexity index is 453. The Labute approximate surface area is 86.9 Å². The zero-order valence-electron chi connectivity index (χ0n) is 8.10.